The Kier molecular flexibility index (Phi) is 3.82. The molecule has 0 saturated heterocycles. The molecule has 3 aromatic carbocycles. The summed E-state index contributed by atoms with van der Waals surface area (Å²) in [5, 5.41) is 15.0. The number of phenols is 1. The first-order valence-electron chi connectivity index (χ1n) is 8.23. The summed E-state index contributed by atoms with van der Waals surface area (Å²) in [5.74, 6) is 0.232. The largest absolute Gasteiger partial charge is 0.507 e. The van der Waals surface area contributed by atoms with Crippen molar-refractivity contribution in [3.8, 4) is 34.0 Å². The predicted octanol–water partition coefficient (Wildman–Crippen LogP) is 5.22. The normalized spacial score (nSPS) is 10.8. The molecule has 4 rings (SSSR count). The summed E-state index contributed by atoms with van der Waals surface area (Å²) < 4.78 is 1.92. The monoisotopic (exact) mass is 326 g/mol. The van der Waals surface area contributed by atoms with E-state index in [1.807, 2.05) is 59.3 Å². The van der Waals surface area contributed by atoms with E-state index < -0.39 is 0 Å². The second kappa shape index (κ2) is 6.29. The zero-order valence-corrected chi connectivity index (χ0v) is 13.9. The lowest BCUT2D eigenvalue weighted by Crippen LogP contribution is -1.98. The number of hydrogen-bond donors (Lipinski definition) is 1. The summed E-state index contributed by atoms with van der Waals surface area (Å²) in [7, 11) is 0. The SMILES string of the molecule is Cc1ccc(-c2cc(-c3ccccc3O)nn2-c2ccccc2)cc1. The van der Waals surface area contributed by atoms with Crippen molar-refractivity contribution in [2.24, 2.45) is 0 Å². The second-order valence-corrected chi connectivity index (χ2v) is 6.05. The van der Waals surface area contributed by atoms with E-state index in [9.17, 15) is 5.11 Å². The predicted molar refractivity (Wildman–Crippen MR) is 101 cm³/mol. The molecule has 3 heteroatoms. The molecule has 3 nitrogen and oxygen atoms in total. The first kappa shape index (κ1) is 15.2. The highest BCUT2D eigenvalue weighted by Crippen LogP contribution is 2.32. The highest BCUT2D eigenvalue weighted by molar-refractivity contribution is 5.73. The van der Waals surface area contributed by atoms with Gasteiger partial charge in [-0.1, -0.05) is 60.2 Å². The van der Waals surface area contributed by atoms with Crippen LogP contribution in [0.3, 0.4) is 0 Å². The molecule has 1 N–H and O–H groups in total. The van der Waals surface area contributed by atoms with Gasteiger partial charge in [0.15, 0.2) is 0 Å². The molecule has 0 saturated carbocycles. The van der Waals surface area contributed by atoms with Crippen molar-refractivity contribution in [2.75, 3.05) is 0 Å². The minimum absolute atomic E-state index is 0.232. The van der Waals surface area contributed by atoms with Crippen molar-refractivity contribution in [1.82, 2.24) is 9.78 Å². The number of aromatic hydroxyl groups is 1. The number of rotatable bonds is 3. The van der Waals surface area contributed by atoms with Gasteiger partial charge in [-0.05, 0) is 37.3 Å². The molecular formula is C22H18N2O. The second-order valence-electron chi connectivity index (χ2n) is 6.05. The molecular weight excluding hydrogens is 308 g/mol. The first-order valence-corrected chi connectivity index (χ1v) is 8.23. The van der Waals surface area contributed by atoms with E-state index in [2.05, 4.69) is 31.2 Å². The van der Waals surface area contributed by atoms with Crippen LogP contribution in [0.15, 0.2) is 84.9 Å². The maximum atomic E-state index is 10.2. The molecule has 25 heavy (non-hydrogen) atoms. The zero-order chi connectivity index (χ0) is 17.2. The summed E-state index contributed by atoms with van der Waals surface area (Å²) in [6, 6.07) is 27.7. The fourth-order valence-corrected chi connectivity index (χ4v) is 2.90. The number of aromatic nitrogens is 2. The van der Waals surface area contributed by atoms with Gasteiger partial charge in [0.25, 0.3) is 0 Å². The van der Waals surface area contributed by atoms with Crippen LogP contribution >= 0.6 is 0 Å². The number of hydrogen-bond acceptors (Lipinski definition) is 2. The van der Waals surface area contributed by atoms with Gasteiger partial charge in [-0.25, -0.2) is 4.68 Å². The fourth-order valence-electron chi connectivity index (χ4n) is 2.90. The Balaban J connectivity index is 1.92. The molecule has 4 aromatic rings. The molecule has 0 spiro atoms. The molecule has 0 amide bonds. The lowest BCUT2D eigenvalue weighted by atomic mass is 10.1. The molecule has 0 fully saturated rings. The van der Waals surface area contributed by atoms with Crippen LogP contribution in [-0.2, 0) is 0 Å². The van der Waals surface area contributed by atoms with Gasteiger partial charge in [0.2, 0.25) is 0 Å². The number of nitrogens with zero attached hydrogens (tertiary/aromatic N) is 2. The van der Waals surface area contributed by atoms with E-state index in [0.717, 1.165) is 28.2 Å². The smallest absolute Gasteiger partial charge is 0.125 e. The van der Waals surface area contributed by atoms with Crippen molar-refractivity contribution >= 4 is 0 Å². The molecule has 0 aliphatic heterocycles. The highest BCUT2D eigenvalue weighted by atomic mass is 16.3. The van der Waals surface area contributed by atoms with Gasteiger partial charge >= 0.3 is 0 Å². The van der Waals surface area contributed by atoms with Crippen molar-refractivity contribution in [3.05, 3.63) is 90.5 Å². The summed E-state index contributed by atoms with van der Waals surface area (Å²) in [6.07, 6.45) is 0. The summed E-state index contributed by atoms with van der Waals surface area (Å²) in [5.41, 5.74) is 5.76. The molecule has 1 heterocycles. The van der Waals surface area contributed by atoms with Crippen molar-refractivity contribution < 1.29 is 5.11 Å². The van der Waals surface area contributed by atoms with Crippen LogP contribution in [-0.4, -0.2) is 14.9 Å². The van der Waals surface area contributed by atoms with Crippen LogP contribution in [0.4, 0.5) is 0 Å². The third-order valence-corrected chi connectivity index (χ3v) is 4.24. The number of aryl methyl sites for hydroxylation is 1. The molecule has 0 radical (unpaired) electrons. The van der Waals surface area contributed by atoms with Gasteiger partial charge in [0.05, 0.1) is 17.1 Å². The molecule has 122 valence electrons. The van der Waals surface area contributed by atoms with Gasteiger partial charge in [-0.15, -0.1) is 0 Å². The molecule has 0 atom stereocenters. The molecule has 1 aromatic heterocycles. The van der Waals surface area contributed by atoms with Gasteiger partial charge < -0.3 is 5.11 Å². The van der Waals surface area contributed by atoms with Crippen molar-refractivity contribution in [1.29, 1.82) is 0 Å². The quantitative estimate of drug-likeness (QED) is 0.560. The summed E-state index contributed by atoms with van der Waals surface area (Å²) >= 11 is 0. The van der Waals surface area contributed by atoms with E-state index >= 15 is 0 Å². The van der Waals surface area contributed by atoms with Crippen LogP contribution in [0.25, 0.3) is 28.2 Å². The first-order chi connectivity index (χ1) is 12.2. The number of benzene rings is 3. The summed E-state index contributed by atoms with van der Waals surface area (Å²) in [6.45, 7) is 2.08. The Morgan fingerprint density at radius 2 is 1.48 bits per heavy atom. The minimum Gasteiger partial charge on any atom is -0.507 e. The molecule has 0 unspecified atom stereocenters. The maximum absolute atomic E-state index is 10.2. The standard InChI is InChI=1S/C22H18N2O/c1-16-11-13-17(14-12-16)21-15-20(19-9-5-6-10-22(19)25)23-24(21)18-7-3-2-4-8-18/h2-15,25H,1H3. The van der Waals surface area contributed by atoms with Gasteiger partial charge in [-0.3, -0.25) is 0 Å². The Morgan fingerprint density at radius 1 is 0.800 bits per heavy atom. The molecule has 0 aliphatic carbocycles. The third-order valence-electron chi connectivity index (χ3n) is 4.24. The van der Waals surface area contributed by atoms with Gasteiger partial charge in [0, 0.05) is 11.1 Å². The van der Waals surface area contributed by atoms with E-state index in [1.165, 1.54) is 5.56 Å². The van der Waals surface area contributed by atoms with Gasteiger partial charge in [-0.2, -0.15) is 5.10 Å². The average molecular weight is 326 g/mol. The lowest BCUT2D eigenvalue weighted by Gasteiger charge is -2.07. The Bertz CT molecular complexity index is 1000. The van der Waals surface area contributed by atoms with Crippen molar-refractivity contribution in [2.45, 2.75) is 6.92 Å². The number of para-hydroxylation sites is 2. The van der Waals surface area contributed by atoms with E-state index in [4.69, 9.17) is 5.10 Å². The average Bonchev–Trinajstić information content (AvgIpc) is 3.08. The van der Waals surface area contributed by atoms with Crippen LogP contribution in [0, 0.1) is 6.92 Å². The Labute approximate surface area is 146 Å². The maximum Gasteiger partial charge on any atom is 0.125 e. The Hall–Kier alpha value is -3.33. The topological polar surface area (TPSA) is 38.1 Å². The van der Waals surface area contributed by atoms with E-state index in [-0.39, 0.29) is 5.75 Å². The van der Waals surface area contributed by atoms with E-state index in [1.54, 1.807) is 6.07 Å². The number of phenolic OH excluding ortho intramolecular Hbond substituents is 1. The zero-order valence-electron chi connectivity index (χ0n) is 13.9. The van der Waals surface area contributed by atoms with E-state index in [0.29, 0.717) is 0 Å². The van der Waals surface area contributed by atoms with Crippen LogP contribution in [0.5, 0.6) is 5.75 Å². The molecule has 0 aliphatic rings. The van der Waals surface area contributed by atoms with Crippen LogP contribution < -0.4 is 0 Å². The fraction of sp³-hybridized carbons (Fsp3) is 0.0455. The Morgan fingerprint density at radius 3 is 2.20 bits per heavy atom. The summed E-state index contributed by atoms with van der Waals surface area (Å²) in [4.78, 5) is 0. The van der Waals surface area contributed by atoms with Crippen LogP contribution in [0.1, 0.15) is 5.56 Å². The van der Waals surface area contributed by atoms with Gasteiger partial charge in [0.1, 0.15) is 5.75 Å². The minimum atomic E-state index is 0.232. The third kappa shape index (κ3) is 2.92. The molecule has 0 bridgehead atoms. The van der Waals surface area contributed by atoms with Crippen LogP contribution in [0.2, 0.25) is 0 Å². The highest BCUT2D eigenvalue weighted by Gasteiger charge is 2.14. The lowest BCUT2D eigenvalue weighted by molar-refractivity contribution is 0.477. The van der Waals surface area contributed by atoms with Crippen molar-refractivity contribution in [3.63, 3.8) is 0 Å².